The molecule has 3 nitrogen and oxygen atoms in total. The maximum absolute atomic E-state index is 13.1. The van der Waals surface area contributed by atoms with E-state index in [0.29, 0.717) is 5.69 Å². The minimum absolute atomic E-state index is 0.00564. The molecule has 1 aromatic carbocycles. The van der Waals surface area contributed by atoms with Crippen LogP contribution >= 0.6 is 11.6 Å². The van der Waals surface area contributed by atoms with Gasteiger partial charge in [-0.05, 0) is 42.4 Å². The summed E-state index contributed by atoms with van der Waals surface area (Å²) in [6.45, 7) is 6.26. The van der Waals surface area contributed by atoms with Gasteiger partial charge in [0.05, 0.1) is 5.02 Å². The molecule has 3 atom stereocenters. The lowest BCUT2D eigenvalue weighted by atomic mass is 9.61. The third-order valence-corrected chi connectivity index (χ3v) is 5.30. The molecule has 1 fully saturated rings. The van der Waals surface area contributed by atoms with E-state index in [4.69, 9.17) is 17.3 Å². The predicted molar refractivity (Wildman–Crippen MR) is 83.7 cm³/mol. The molecule has 3 N–H and O–H groups in total. The topological polar surface area (TPSA) is 55.1 Å². The molecule has 3 unspecified atom stereocenters. The van der Waals surface area contributed by atoms with Crippen LogP contribution in [0.25, 0.3) is 0 Å². The van der Waals surface area contributed by atoms with Gasteiger partial charge < -0.3 is 11.1 Å². The smallest absolute Gasteiger partial charge is 0.228 e. The van der Waals surface area contributed by atoms with Crippen molar-refractivity contribution in [2.75, 3.05) is 5.32 Å². The molecule has 1 saturated carbocycles. The number of carbonyl (C=O) groups is 1. The molecule has 21 heavy (non-hydrogen) atoms. The van der Waals surface area contributed by atoms with Gasteiger partial charge in [0.1, 0.15) is 5.82 Å². The highest BCUT2D eigenvalue weighted by atomic mass is 35.5. The molecule has 116 valence electrons. The van der Waals surface area contributed by atoms with E-state index < -0.39 is 5.82 Å². The lowest BCUT2D eigenvalue weighted by Crippen LogP contribution is -2.50. The number of anilines is 1. The fourth-order valence-corrected chi connectivity index (χ4v) is 3.30. The van der Waals surface area contributed by atoms with Crippen molar-refractivity contribution in [3.63, 3.8) is 0 Å². The van der Waals surface area contributed by atoms with Crippen LogP contribution in [0.5, 0.6) is 0 Å². The molecule has 0 aromatic heterocycles. The monoisotopic (exact) mass is 312 g/mol. The van der Waals surface area contributed by atoms with Crippen molar-refractivity contribution >= 4 is 23.2 Å². The van der Waals surface area contributed by atoms with E-state index in [9.17, 15) is 9.18 Å². The SMILES string of the molecule is CC1C(N)CCC(C(=O)Nc2ccc(F)c(Cl)c2)C1(C)C. The first-order valence-corrected chi connectivity index (χ1v) is 7.62. The third kappa shape index (κ3) is 3.22. The van der Waals surface area contributed by atoms with Gasteiger partial charge >= 0.3 is 0 Å². The average molecular weight is 313 g/mol. The molecule has 1 aromatic rings. The quantitative estimate of drug-likeness (QED) is 0.872. The highest BCUT2D eigenvalue weighted by molar-refractivity contribution is 6.31. The van der Waals surface area contributed by atoms with E-state index in [2.05, 4.69) is 26.1 Å². The van der Waals surface area contributed by atoms with Crippen LogP contribution in [-0.2, 0) is 4.79 Å². The number of hydrogen-bond acceptors (Lipinski definition) is 2. The van der Waals surface area contributed by atoms with Crippen molar-refractivity contribution in [1.82, 2.24) is 0 Å². The minimum Gasteiger partial charge on any atom is -0.327 e. The summed E-state index contributed by atoms with van der Waals surface area (Å²) in [6, 6.07) is 4.33. The van der Waals surface area contributed by atoms with Crippen LogP contribution in [0.2, 0.25) is 5.02 Å². The van der Waals surface area contributed by atoms with E-state index in [0.717, 1.165) is 12.8 Å². The molecular weight excluding hydrogens is 291 g/mol. The van der Waals surface area contributed by atoms with Gasteiger partial charge in [-0.3, -0.25) is 4.79 Å². The summed E-state index contributed by atoms with van der Waals surface area (Å²) in [4.78, 5) is 12.5. The van der Waals surface area contributed by atoms with Gasteiger partial charge in [-0.2, -0.15) is 0 Å². The molecule has 0 aliphatic heterocycles. The molecule has 5 heteroatoms. The first-order valence-electron chi connectivity index (χ1n) is 7.25. The fraction of sp³-hybridized carbons (Fsp3) is 0.562. The molecule has 0 saturated heterocycles. The van der Waals surface area contributed by atoms with Crippen LogP contribution in [0.4, 0.5) is 10.1 Å². The Balaban J connectivity index is 2.14. The Morgan fingerprint density at radius 3 is 2.71 bits per heavy atom. The number of benzene rings is 1. The van der Waals surface area contributed by atoms with E-state index in [-0.39, 0.29) is 34.2 Å². The van der Waals surface area contributed by atoms with Gasteiger partial charge in [0, 0.05) is 17.6 Å². The van der Waals surface area contributed by atoms with Crippen LogP contribution < -0.4 is 11.1 Å². The zero-order valence-corrected chi connectivity index (χ0v) is 13.4. The van der Waals surface area contributed by atoms with Crippen molar-refractivity contribution in [1.29, 1.82) is 0 Å². The average Bonchev–Trinajstić information content (AvgIpc) is 2.40. The van der Waals surface area contributed by atoms with E-state index >= 15 is 0 Å². The Bertz CT molecular complexity index is 547. The van der Waals surface area contributed by atoms with Crippen molar-refractivity contribution in [2.24, 2.45) is 23.0 Å². The zero-order chi connectivity index (χ0) is 15.8. The molecule has 0 spiro atoms. The summed E-state index contributed by atoms with van der Waals surface area (Å²) >= 11 is 5.74. The first kappa shape index (κ1) is 16.2. The number of nitrogens with two attached hydrogens (primary N) is 1. The summed E-state index contributed by atoms with van der Waals surface area (Å²) in [5.41, 5.74) is 6.46. The molecular formula is C16H22ClFN2O. The minimum atomic E-state index is -0.493. The van der Waals surface area contributed by atoms with Crippen LogP contribution in [-0.4, -0.2) is 11.9 Å². The van der Waals surface area contributed by atoms with Crippen LogP contribution in [0.1, 0.15) is 33.6 Å². The molecule has 1 aliphatic rings. The Kier molecular flexibility index (Phi) is 4.59. The standard InChI is InChI=1S/C16H22ClFN2O/c1-9-14(19)7-5-11(16(9,2)3)15(21)20-10-4-6-13(18)12(17)8-10/h4,6,8-9,11,14H,5,7,19H2,1-3H3,(H,20,21). The van der Waals surface area contributed by atoms with Crippen molar-refractivity contribution < 1.29 is 9.18 Å². The second-order valence-electron chi connectivity index (χ2n) is 6.52. The zero-order valence-electron chi connectivity index (χ0n) is 12.6. The van der Waals surface area contributed by atoms with Gasteiger partial charge in [-0.15, -0.1) is 0 Å². The van der Waals surface area contributed by atoms with E-state index in [1.807, 2.05) is 0 Å². The Morgan fingerprint density at radius 2 is 2.10 bits per heavy atom. The summed E-state index contributed by atoms with van der Waals surface area (Å²) in [6.07, 6.45) is 1.60. The largest absolute Gasteiger partial charge is 0.327 e. The lowest BCUT2D eigenvalue weighted by molar-refractivity contribution is -0.127. The van der Waals surface area contributed by atoms with Gasteiger partial charge in [0.15, 0.2) is 0 Å². The molecule has 1 aliphatic carbocycles. The van der Waals surface area contributed by atoms with Gasteiger partial charge in [-0.1, -0.05) is 32.4 Å². The number of halogens is 2. The molecule has 0 heterocycles. The summed E-state index contributed by atoms with van der Waals surface area (Å²) in [5, 5.41) is 2.85. The fourth-order valence-electron chi connectivity index (χ4n) is 3.12. The summed E-state index contributed by atoms with van der Waals surface area (Å²) in [5.74, 6) is -0.399. The number of hydrogen-bond donors (Lipinski definition) is 2. The lowest BCUT2D eigenvalue weighted by Gasteiger charge is -2.46. The van der Waals surface area contributed by atoms with Gasteiger partial charge in [0.2, 0.25) is 5.91 Å². The number of carbonyl (C=O) groups excluding carboxylic acids is 1. The second kappa shape index (κ2) is 5.93. The Morgan fingerprint density at radius 1 is 1.43 bits per heavy atom. The predicted octanol–water partition coefficient (Wildman–Crippen LogP) is 3.82. The van der Waals surface area contributed by atoms with Crippen LogP contribution in [0, 0.1) is 23.1 Å². The Labute approximate surface area is 130 Å². The highest BCUT2D eigenvalue weighted by Gasteiger charge is 2.44. The Hall–Kier alpha value is -1.13. The van der Waals surface area contributed by atoms with Crippen molar-refractivity contribution in [3.05, 3.63) is 29.0 Å². The van der Waals surface area contributed by atoms with Crippen LogP contribution in [0.3, 0.4) is 0 Å². The van der Waals surface area contributed by atoms with Gasteiger partial charge in [-0.25, -0.2) is 4.39 Å². The van der Waals surface area contributed by atoms with E-state index in [1.54, 1.807) is 0 Å². The molecule has 1 amide bonds. The van der Waals surface area contributed by atoms with Gasteiger partial charge in [0.25, 0.3) is 0 Å². The third-order valence-electron chi connectivity index (χ3n) is 5.01. The maximum atomic E-state index is 13.1. The molecule has 2 rings (SSSR count). The number of rotatable bonds is 2. The highest BCUT2D eigenvalue weighted by Crippen LogP contribution is 2.44. The second-order valence-corrected chi connectivity index (χ2v) is 6.93. The number of amides is 1. The van der Waals surface area contributed by atoms with Crippen molar-refractivity contribution in [2.45, 2.75) is 39.7 Å². The summed E-state index contributed by atoms with van der Waals surface area (Å²) in [7, 11) is 0. The van der Waals surface area contributed by atoms with Crippen molar-refractivity contribution in [3.8, 4) is 0 Å². The normalized spacial score (nSPS) is 28.2. The number of nitrogens with one attached hydrogen (secondary N) is 1. The molecule has 0 bridgehead atoms. The summed E-state index contributed by atoms with van der Waals surface area (Å²) < 4.78 is 13.1. The first-order chi connectivity index (χ1) is 9.73. The molecule has 0 radical (unpaired) electrons. The maximum Gasteiger partial charge on any atom is 0.228 e. The van der Waals surface area contributed by atoms with Crippen LogP contribution in [0.15, 0.2) is 18.2 Å². The van der Waals surface area contributed by atoms with E-state index in [1.165, 1.54) is 18.2 Å².